The first-order valence-electron chi connectivity index (χ1n) is 5.31. The first kappa shape index (κ1) is 11.1. The van der Waals surface area contributed by atoms with Crippen LogP contribution in [-0.2, 0) is 6.42 Å². The standard InChI is InChI=1S/C13H14N2S/c1-3-8-14-10(2)9-13-15-11-6-4-5-7-12(11)16-13/h1,4-7,10,14H,8-9H2,2H3. The van der Waals surface area contributed by atoms with Crippen molar-refractivity contribution in [1.82, 2.24) is 10.3 Å². The minimum atomic E-state index is 0.372. The number of para-hydroxylation sites is 1. The smallest absolute Gasteiger partial charge is 0.0954 e. The van der Waals surface area contributed by atoms with Gasteiger partial charge in [0.05, 0.1) is 21.8 Å². The van der Waals surface area contributed by atoms with Crippen molar-refractivity contribution in [3.05, 3.63) is 29.3 Å². The Morgan fingerprint density at radius 1 is 1.50 bits per heavy atom. The molecule has 0 aliphatic carbocycles. The van der Waals surface area contributed by atoms with Gasteiger partial charge in [-0.3, -0.25) is 0 Å². The Labute approximate surface area is 99.7 Å². The Bertz CT molecular complexity index is 477. The van der Waals surface area contributed by atoms with Crippen molar-refractivity contribution >= 4 is 21.6 Å². The van der Waals surface area contributed by atoms with Crippen LogP contribution in [0.1, 0.15) is 11.9 Å². The maximum absolute atomic E-state index is 5.21. The second-order valence-corrected chi connectivity index (χ2v) is 4.88. The second-order valence-electron chi connectivity index (χ2n) is 3.77. The van der Waals surface area contributed by atoms with E-state index in [4.69, 9.17) is 6.42 Å². The van der Waals surface area contributed by atoms with Crippen LogP contribution in [0.25, 0.3) is 10.2 Å². The van der Waals surface area contributed by atoms with E-state index in [2.05, 4.69) is 35.3 Å². The normalized spacial score (nSPS) is 12.5. The molecule has 16 heavy (non-hydrogen) atoms. The third kappa shape index (κ3) is 2.60. The Morgan fingerprint density at radius 2 is 2.31 bits per heavy atom. The average Bonchev–Trinajstić information content (AvgIpc) is 2.68. The highest BCUT2D eigenvalue weighted by Crippen LogP contribution is 2.22. The third-order valence-corrected chi connectivity index (χ3v) is 3.43. The number of thiazole rings is 1. The minimum Gasteiger partial charge on any atom is -0.303 e. The molecule has 3 heteroatoms. The van der Waals surface area contributed by atoms with Crippen LogP contribution < -0.4 is 5.32 Å². The van der Waals surface area contributed by atoms with E-state index in [-0.39, 0.29) is 0 Å². The molecule has 1 aromatic carbocycles. The van der Waals surface area contributed by atoms with E-state index in [0.717, 1.165) is 11.9 Å². The van der Waals surface area contributed by atoms with Gasteiger partial charge in [-0.15, -0.1) is 17.8 Å². The molecular weight excluding hydrogens is 216 g/mol. The summed E-state index contributed by atoms with van der Waals surface area (Å²) in [5, 5.41) is 4.42. The lowest BCUT2D eigenvalue weighted by atomic mass is 10.2. The molecule has 0 saturated carbocycles. The highest BCUT2D eigenvalue weighted by Gasteiger charge is 2.07. The van der Waals surface area contributed by atoms with Crippen molar-refractivity contribution in [2.24, 2.45) is 0 Å². The summed E-state index contributed by atoms with van der Waals surface area (Å²) in [7, 11) is 0. The molecule has 0 aliphatic heterocycles. The number of terminal acetylenes is 1. The predicted molar refractivity (Wildman–Crippen MR) is 69.6 cm³/mol. The zero-order valence-corrected chi connectivity index (χ0v) is 10.1. The van der Waals surface area contributed by atoms with Crippen LogP contribution >= 0.6 is 11.3 Å². The molecule has 0 saturated heterocycles. The molecule has 2 aromatic rings. The zero-order chi connectivity index (χ0) is 11.4. The van der Waals surface area contributed by atoms with Gasteiger partial charge in [-0.05, 0) is 19.1 Å². The van der Waals surface area contributed by atoms with Crippen molar-refractivity contribution in [2.45, 2.75) is 19.4 Å². The van der Waals surface area contributed by atoms with Gasteiger partial charge in [-0.2, -0.15) is 0 Å². The molecule has 1 unspecified atom stereocenters. The average molecular weight is 230 g/mol. The number of nitrogens with zero attached hydrogens (tertiary/aromatic N) is 1. The predicted octanol–water partition coefficient (Wildman–Crippen LogP) is 2.45. The maximum atomic E-state index is 5.21. The van der Waals surface area contributed by atoms with Crippen LogP contribution in [0.3, 0.4) is 0 Å². The molecule has 2 rings (SSSR count). The fourth-order valence-electron chi connectivity index (χ4n) is 1.57. The Morgan fingerprint density at radius 3 is 3.06 bits per heavy atom. The molecule has 0 spiro atoms. The molecule has 0 fully saturated rings. The van der Waals surface area contributed by atoms with Crippen LogP contribution in [0, 0.1) is 12.3 Å². The Hall–Kier alpha value is -1.37. The van der Waals surface area contributed by atoms with E-state index in [1.807, 2.05) is 12.1 Å². The van der Waals surface area contributed by atoms with Gasteiger partial charge in [0, 0.05) is 12.5 Å². The molecule has 82 valence electrons. The lowest BCUT2D eigenvalue weighted by Crippen LogP contribution is -2.28. The van der Waals surface area contributed by atoms with Gasteiger partial charge in [0.1, 0.15) is 0 Å². The number of fused-ring (bicyclic) bond motifs is 1. The number of rotatable bonds is 4. The van der Waals surface area contributed by atoms with Crippen molar-refractivity contribution in [2.75, 3.05) is 6.54 Å². The summed E-state index contributed by atoms with van der Waals surface area (Å²) < 4.78 is 1.25. The number of hydrogen-bond acceptors (Lipinski definition) is 3. The third-order valence-electron chi connectivity index (χ3n) is 2.37. The van der Waals surface area contributed by atoms with Gasteiger partial charge >= 0.3 is 0 Å². The number of nitrogens with one attached hydrogen (secondary N) is 1. The minimum absolute atomic E-state index is 0.372. The summed E-state index contributed by atoms with van der Waals surface area (Å²) in [6.07, 6.45) is 6.14. The zero-order valence-electron chi connectivity index (χ0n) is 9.23. The molecule has 0 aliphatic rings. The van der Waals surface area contributed by atoms with Gasteiger partial charge in [0.25, 0.3) is 0 Å². The summed E-state index contributed by atoms with van der Waals surface area (Å²) in [6, 6.07) is 8.60. The highest BCUT2D eigenvalue weighted by atomic mass is 32.1. The molecular formula is C13H14N2S. The fourth-order valence-corrected chi connectivity index (χ4v) is 2.67. The van der Waals surface area contributed by atoms with E-state index >= 15 is 0 Å². The first-order chi connectivity index (χ1) is 7.79. The summed E-state index contributed by atoms with van der Waals surface area (Å²) in [5.74, 6) is 2.58. The quantitative estimate of drug-likeness (QED) is 0.816. The lowest BCUT2D eigenvalue weighted by Gasteiger charge is -2.08. The molecule has 0 bridgehead atoms. The topological polar surface area (TPSA) is 24.9 Å². The van der Waals surface area contributed by atoms with Crippen LogP contribution in [0.2, 0.25) is 0 Å². The largest absolute Gasteiger partial charge is 0.303 e. The SMILES string of the molecule is C#CCNC(C)Cc1nc2ccccc2s1. The summed E-state index contributed by atoms with van der Waals surface area (Å²) in [4.78, 5) is 4.59. The second kappa shape index (κ2) is 5.11. The van der Waals surface area contributed by atoms with E-state index in [0.29, 0.717) is 12.6 Å². The van der Waals surface area contributed by atoms with Crippen LogP contribution in [0.5, 0.6) is 0 Å². The lowest BCUT2D eigenvalue weighted by molar-refractivity contribution is 0.584. The van der Waals surface area contributed by atoms with Crippen LogP contribution in [0.4, 0.5) is 0 Å². The molecule has 0 amide bonds. The van der Waals surface area contributed by atoms with E-state index in [1.165, 1.54) is 9.71 Å². The monoisotopic (exact) mass is 230 g/mol. The molecule has 1 atom stereocenters. The molecule has 1 N–H and O–H groups in total. The Balaban J connectivity index is 2.07. The van der Waals surface area contributed by atoms with Crippen molar-refractivity contribution in [3.63, 3.8) is 0 Å². The van der Waals surface area contributed by atoms with E-state index < -0.39 is 0 Å². The van der Waals surface area contributed by atoms with Crippen molar-refractivity contribution in [1.29, 1.82) is 0 Å². The molecule has 0 radical (unpaired) electrons. The molecule has 1 aromatic heterocycles. The fraction of sp³-hybridized carbons (Fsp3) is 0.308. The maximum Gasteiger partial charge on any atom is 0.0954 e. The summed E-state index contributed by atoms with van der Waals surface area (Å²) in [6.45, 7) is 2.75. The van der Waals surface area contributed by atoms with Crippen molar-refractivity contribution < 1.29 is 0 Å². The number of benzene rings is 1. The summed E-state index contributed by atoms with van der Waals surface area (Å²) >= 11 is 1.76. The van der Waals surface area contributed by atoms with Gasteiger partial charge in [0.2, 0.25) is 0 Å². The number of aromatic nitrogens is 1. The van der Waals surface area contributed by atoms with Crippen molar-refractivity contribution in [3.8, 4) is 12.3 Å². The van der Waals surface area contributed by atoms with Gasteiger partial charge < -0.3 is 5.32 Å². The Kier molecular flexibility index (Phi) is 3.55. The van der Waals surface area contributed by atoms with Gasteiger partial charge in [0.15, 0.2) is 0 Å². The first-order valence-corrected chi connectivity index (χ1v) is 6.12. The molecule has 2 nitrogen and oxygen atoms in total. The van der Waals surface area contributed by atoms with E-state index in [9.17, 15) is 0 Å². The van der Waals surface area contributed by atoms with Gasteiger partial charge in [-0.1, -0.05) is 18.1 Å². The van der Waals surface area contributed by atoms with Crippen LogP contribution in [-0.4, -0.2) is 17.6 Å². The van der Waals surface area contributed by atoms with Crippen LogP contribution in [0.15, 0.2) is 24.3 Å². The molecule has 1 heterocycles. The highest BCUT2D eigenvalue weighted by molar-refractivity contribution is 7.18. The van der Waals surface area contributed by atoms with E-state index in [1.54, 1.807) is 11.3 Å². The number of hydrogen-bond donors (Lipinski definition) is 1. The summed E-state index contributed by atoms with van der Waals surface area (Å²) in [5.41, 5.74) is 1.09. The van der Waals surface area contributed by atoms with Gasteiger partial charge in [-0.25, -0.2) is 4.98 Å².